The maximum atomic E-state index is 13.3. The Morgan fingerprint density at radius 3 is 2.82 bits per heavy atom. The highest BCUT2D eigenvalue weighted by Crippen LogP contribution is 2.28. The van der Waals surface area contributed by atoms with Crippen molar-refractivity contribution < 1.29 is 19.1 Å². The van der Waals surface area contributed by atoms with Crippen LogP contribution in [0.25, 0.3) is 0 Å². The van der Waals surface area contributed by atoms with Gasteiger partial charge in [0.1, 0.15) is 11.9 Å². The quantitative estimate of drug-likeness (QED) is 0.752. The third kappa shape index (κ3) is 1.93. The number of nitrogens with two attached hydrogens (primary N) is 1. The number of halogens is 1. The Balaban J connectivity index is 2.39. The van der Waals surface area contributed by atoms with E-state index >= 15 is 0 Å². The van der Waals surface area contributed by atoms with Crippen LogP contribution in [0.5, 0.6) is 0 Å². The lowest BCUT2D eigenvalue weighted by molar-refractivity contribution is -0.138. The Morgan fingerprint density at radius 1 is 1.53 bits per heavy atom. The van der Waals surface area contributed by atoms with Crippen LogP contribution in [-0.4, -0.2) is 23.0 Å². The molecule has 1 aromatic carbocycles. The second-order valence-corrected chi connectivity index (χ2v) is 3.86. The van der Waals surface area contributed by atoms with Gasteiger partial charge < -0.3 is 10.8 Å². The zero-order valence-corrected chi connectivity index (χ0v) is 8.89. The molecule has 1 saturated heterocycles. The van der Waals surface area contributed by atoms with Gasteiger partial charge in [-0.2, -0.15) is 0 Å². The Morgan fingerprint density at radius 2 is 2.24 bits per heavy atom. The topological polar surface area (TPSA) is 83.6 Å². The summed E-state index contributed by atoms with van der Waals surface area (Å²) >= 11 is 0. The van der Waals surface area contributed by atoms with Gasteiger partial charge in [0.15, 0.2) is 0 Å². The van der Waals surface area contributed by atoms with E-state index in [-0.39, 0.29) is 30.1 Å². The van der Waals surface area contributed by atoms with Crippen LogP contribution in [0.1, 0.15) is 12.8 Å². The van der Waals surface area contributed by atoms with Crippen LogP contribution in [0.3, 0.4) is 0 Å². The van der Waals surface area contributed by atoms with E-state index in [1.165, 1.54) is 12.1 Å². The number of nitrogens with zero attached hydrogens (tertiary/aromatic N) is 1. The molecule has 5 nitrogen and oxygen atoms in total. The van der Waals surface area contributed by atoms with Crippen molar-refractivity contribution in [1.29, 1.82) is 0 Å². The maximum absolute atomic E-state index is 13.3. The van der Waals surface area contributed by atoms with E-state index in [4.69, 9.17) is 10.8 Å². The predicted octanol–water partition coefficient (Wildman–Crippen LogP) is 0.988. The molecule has 90 valence electrons. The van der Waals surface area contributed by atoms with Gasteiger partial charge in [0.2, 0.25) is 5.91 Å². The molecule has 0 unspecified atom stereocenters. The van der Waals surface area contributed by atoms with E-state index < -0.39 is 17.8 Å². The van der Waals surface area contributed by atoms with Crippen LogP contribution < -0.4 is 10.6 Å². The summed E-state index contributed by atoms with van der Waals surface area (Å²) in [5, 5.41) is 8.97. The molecule has 0 spiro atoms. The van der Waals surface area contributed by atoms with Gasteiger partial charge in [-0.25, -0.2) is 9.18 Å². The third-order valence-corrected chi connectivity index (χ3v) is 2.76. The number of carbonyl (C=O) groups is 2. The molecule has 1 aromatic rings. The number of nitrogen functional groups attached to an aromatic ring is 1. The molecule has 1 amide bonds. The number of anilines is 2. The fourth-order valence-electron chi connectivity index (χ4n) is 1.91. The summed E-state index contributed by atoms with van der Waals surface area (Å²) < 4.78 is 13.3. The lowest BCUT2D eigenvalue weighted by atomic mass is 10.2. The van der Waals surface area contributed by atoms with Crippen molar-refractivity contribution in [3.8, 4) is 0 Å². The first-order valence-electron chi connectivity index (χ1n) is 5.10. The average molecular weight is 238 g/mol. The molecule has 1 aliphatic rings. The number of hydrogen-bond donors (Lipinski definition) is 2. The number of carboxylic acid groups (broad SMARTS) is 1. The molecule has 0 saturated carbocycles. The Hall–Kier alpha value is -2.11. The molecule has 0 radical (unpaired) electrons. The maximum Gasteiger partial charge on any atom is 0.326 e. The third-order valence-electron chi connectivity index (χ3n) is 2.76. The van der Waals surface area contributed by atoms with Crippen LogP contribution in [0.4, 0.5) is 15.8 Å². The fourth-order valence-corrected chi connectivity index (χ4v) is 1.91. The molecule has 2 rings (SSSR count). The minimum atomic E-state index is -1.09. The fraction of sp³-hybridized carbons (Fsp3) is 0.273. The molecule has 3 N–H and O–H groups in total. The first-order valence-corrected chi connectivity index (χ1v) is 5.10. The number of hydrogen-bond acceptors (Lipinski definition) is 3. The van der Waals surface area contributed by atoms with E-state index in [1.54, 1.807) is 0 Å². The molecule has 0 bridgehead atoms. The summed E-state index contributed by atoms with van der Waals surface area (Å²) in [6.07, 6.45) is 0.392. The number of amides is 1. The first-order chi connectivity index (χ1) is 8.00. The summed E-state index contributed by atoms with van der Waals surface area (Å²) in [5.74, 6) is -2.07. The lowest BCUT2D eigenvalue weighted by Crippen LogP contribution is -2.38. The number of rotatable bonds is 2. The molecule has 1 heterocycles. The van der Waals surface area contributed by atoms with Crippen molar-refractivity contribution in [2.24, 2.45) is 0 Å². The Labute approximate surface area is 96.6 Å². The number of carbonyl (C=O) groups excluding carboxylic acids is 1. The summed E-state index contributed by atoms with van der Waals surface area (Å²) in [6, 6.07) is 2.91. The second-order valence-electron chi connectivity index (χ2n) is 3.86. The van der Waals surface area contributed by atoms with Gasteiger partial charge in [-0.1, -0.05) is 0 Å². The van der Waals surface area contributed by atoms with Crippen molar-refractivity contribution >= 4 is 23.3 Å². The molecule has 1 fully saturated rings. The van der Waals surface area contributed by atoms with Gasteiger partial charge in [0.25, 0.3) is 0 Å². The lowest BCUT2D eigenvalue weighted by Gasteiger charge is -2.21. The summed E-state index contributed by atoms with van der Waals surface area (Å²) in [4.78, 5) is 23.7. The van der Waals surface area contributed by atoms with Crippen molar-refractivity contribution in [2.45, 2.75) is 18.9 Å². The van der Waals surface area contributed by atoms with E-state index in [9.17, 15) is 14.0 Å². The molecular formula is C11H11FN2O3. The highest BCUT2D eigenvalue weighted by atomic mass is 19.1. The van der Waals surface area contributed by atoms with Gasteiger partial charge in [-0.3, -0.25) is 9.69 Å². The van der Waals surface area contributed by atoms with Gasteiger partial charge >= 0.3 is 5.97 Å². The molecule has 1 atom stereocenters. The molecular weight excluding hydrogens is 227 g/mol. The summed E-state index contributed by atoms with van der Waals surface area (Å²) in [6.45, 7) is 0. The zero-order valence-electron chi connectivity index (χ0n) is 8.89. The molecule has 0 aliphatic carbocycles. The molecule has 17 heavy (non-hydrogen) atoms. The predicted molar refractivity (Wildman–Crippen MR) is 59.0 cm³/mol. The van der Waals surface area contributed by atoms with Crippen LogP contribution in [0.15, 0.2) is 18.2 Å². The van der Waals surface area contributed by atoms with Crippen molar-refractivity contribution in [3.63, 3.8) is 0 Å². The molecule has 6 heteroatoms. The van der Waals surface area contributed by atoms with Crippen molar-refractivity contribution in [2.75, 3.05) is 10.6 Å². The van der Waals surface area contributed by atoms with Gasteiger partial charge in [0.05, 0.1) is 5.69 Å². The SMILES string of the molecule is Nc1ccc(N2C(=O)CC[C@H]2C(=O)O)cc1F. The molecule has 0 aromatic heterocycles. The van der Waals surface area contributed by atoms with E-state index in [0.29, 0.717) is 0 Å². The normalized spacial score (nSPS) is 19.7. The van der Waals surface area contributed by atoms with E-state index in [0.717, 1.165) is 11.0 Å². The number of aliphatic carboxylic acids is 1. The van der Waals surface area contributed by atoms with Crippen LogP contribution >= 0.6 is 0 Å². The van der Waals surface area contributed by atoms with Crippen LogP contribution in [0.2, 0.25) is 0 Å². The number of benzene rings is 1. The average Bonchev–Trinajstić information content (AvgIpc) is 2.64. The minimum absolute atomic E-state index is 0.0349. The summed E-state index contributed by atoms with van der Waals surface area (Å²) in [5.41, 5.74) is 5.52. The monoisotopic (exact) mass is 238 g/mol. The standard InChI is InChI=1S/C11H11FN2O3/c12-7-5-6(1-2-8(7)13)14-9(11(16)17)3-4-10(14)15/h1-2,5,9H,3-4,13H2,(H,16,17)/t9-/m0/s1. The minimum Gasteiger partial charge on any atom is -0.480 e. The smallest absolute Gasteiger partial charge is 0.326 e. The van der Waals surface area contributed by atoms with Crippen molar-refractivity contribution in [3.05, 3.63) is 24.0 Å². The van der Waals surface area contributed by atoms with E-state index in [1.807, 2.05) is 0 Å². The second kappa shape index (κ2) is 4.04. The van der Waals surface area contributed by atoms with Crippen LogP contribution in [0, 0.1) is 5.82 Å². The molecule has 1 aliphatic heterocycles. The zero-order chi connectivity index (χ0) is 12.6. The van der Waals surface area contributed by atoms with Crippen LogP contribution in [-0.2, 0) is 9.59 Å². The summed E-state index contributed by atoms with van der Waals surface area (Å²) in [7, 11) is 0. The highest BCUT2D eigenvalue weighted by molar-refractivity contribution is 6.02. The van der Waals surface area contributed by atoms with E-state index in [2.05, 4.69) is 0 Å². The largest absolute Gasteiger partial charge is 0.480 e. The number of carboxylic acids is 1. The Kier molecular flexibility index (Phi) is 2.71. The van der Waals surface area contributed by atoms with Crippen molar-refractivity contribution in [1.82, 2.24) is 0 Å². The van der Waals surface area contributed by atoms with Gasteiger partial charge in [0, 0.05) is 12.1 Å². The highest BCUT2D eigenvalue weighted by Gasteiger charge is 2.37. The first kappa shape index (κ1) is 11.4. The van der Waals surface area contributed by atoms with Gasteiger partial charge in [-0.15, -0.1) is 0 Å². The van der Waals surface area contributed by atoms with Gasteiger partial charge in [-0.05, 0) is 24.6 Å². The Bertz CT molecular complexity index is 490.